The Morgan fingerprint density at radius 3 is 2.09 bits per heavy atom. The largest absolute Gasteiger partial charge is 0.508 e. The number of benzene rings is 3. The number of amides is 1. The number of nitrogens with one attached hydrogen (secondary N) is 1. The number of aromatic hydroxyl groups is 1. The van der Waals surface area contributed by atoms with Crippen molar-refractivity contribution in [2.45, 2.75) is 0 Å². The van der Waals surface area contributed by atoms with Gasteiger partial charge >= 0.3 is 0 Å². The second-order valence-corrected chi connectivity index (χ2v) is 6.79. The van der Waals surface area contributed by atoms with Crippen LogP contribution in [0, 0.1) is 0 Å². The molecule has 0 saturated carbocycles. The molecule has 0 fully saturated rings. The monoisotopic (exact) mass is 431 g/mol. The Balaban J connectivity index is 1.79. The molecule has 0 spiro atoms. The maximum absolute atomic E-state index is 12.4. The normalized spacial score (nSPS) is 11.0. The van der Waals surface area contributed by atoms with Gasteiger partial charge in [0.05, 0.1) is 21.3 Å². The van der Waals surface area contributed by atoms with E-state index < -0.39 is 0 Å². The maximum atomic E-state index is 12.4. The van der Waals surface area contributed by atoms with Crippen LogP contribution in [0.3, 0.4) is 0 Å². The van der Waals surface area contributed by atoms with Gasteiger partial charge in [-0.2, -0.15) is 0 Å². The maximum Gasteiger partial charge on any atom is 0.248 e. The molecule has 2 N–H and O–H groups in total. The van der Waals surface area contributed by atoms with Crippen molar-refractivity contribution in [3.8, 4) is 23.0 Å². The Kier molecular flexibility index (Phi) is 7.54. The molecule has 0 unspecified atom stereocenters. The van der Waals surface area contributed by atoms with Gasteiger partial charge in [-0.3, -0.25) is 4.79 Å². The molecule has 3 aromatic carbocycles. The van der Waals surface area contributed by atoms with Crippen molar-refractivity contribution < 1.29 is 24.1 Å². The number of carbonyl (C=O) groups excluding carboxylic acids is 1. The number of hydrogen-bond acceptors (Lipinski definition) is 5. The first kappa shape index (κ1) is 22.5. The zero-order valence-corrected chi connectivity index (χ0v) is 18.2. The summed E-state index contributed by atoms with van der Waals surface area (Å²) < 4.78 is 16.2. The fraction of sp³-hybridized carbons (Fsp3) is 0.115. The molecule has 0 aliphatic rings. The Hall–Kier alpha value is -4.19. The quantitative estimate of drug-likeness (QED) is 0.377. The van der Waals surface area contributed by atoms with Gasteiger partial charge in [-0.25, -0.2) is 0 Å². The number of phenols is 1. The average Bonchev–Trinajstić information content (AvgIpc) is 2.82. The van der Waals surface area contributed by atoms with Crippen LogP contribution >= 0.6 is 0 Å². The minimum absolute atomic E-state index is 0.180. The van der Waals surface area contributed by atoms with Crippen molar-refractivity contribution in [1.82, 2.24) is 0 Å². The topological polar surface area (TPSA) is 77.0 Å². The highest BCUT2D eigenvalue weighted by molar-refractivity contribution is 6.03. The van der Waals surface area contributed by atoms with Gasteiger partial charge in [-0.15, -0.1) is 0 Å². The van der Waals surface area contributed by atoms with Crippen molar-refractivity contribution in [2.24, 2.45) is 0 Å². The van der Waals surface area contributed by atoms with Crippen LogP contribution in [0.1, 0.15) is 16.7 Å². The Bertz CT molecular complexity index is 1110. The van der Waals surface area contributed by atoms with Crippen LogP contribution < -0.4 is 19.5 Å². The summed E-state index contributed by atoms with van der Waals surface area (Å²) in [6.07, 6.45) is 6.94. The molecule has 0 aromatic heterocycles. The van der Waals surface area contributed by atoms with E-state index in [9.17, 15) is 9.90 Å². The van der Waals surface area contributed by atoms with Gasteiger partial charge < -0.3 is 24.6 Å². The van der Waals surface area contributed by atoms with Crippen LogP contribution in [0.2, 0.25) is 0 Å². The SMILES string of the molecule is COc1cc(C=Cc2ccccc2NC(=O)/C=C/c2ccc(O)cc2)cc(OC)c1OC. The van der Waals surface area contributed by atoms with Gasteiger partial charge in [-0.1, -0.05) is 42.5 Å². The molecule has 6 nitrogen and oxygen atoms in total. The van der Waals surface area contributed by atoms with E-state index in [4.69, 9.17) is 14.2 Å². The third kappa shape index (κ3) is 5.70. The Labute approximate surface area is 187 Å². The summed E-state index contributed by atoms with van der Waals surface area (Å²) >= 11 is 0. The summed E-state index contributed by atoms with van der Waals surface area (Å²) in [5.41, 5.74) is 3.19. The van der Waals surface area contributed by atoms with E-state index in [0.717, 1.165) is 16.7 Å². The zero-order valence-electron chi connectivity index (χ0n) is 18.2. The van der Waals surface area contributed by atoms with E-state index in [2.05, 4.69) is 5.32 Å². The van der Waals surface area contributed by atoms with Crippen LogP contribution in [0.5, 0.6) is 23.0 Å². The highest BCUT2D eigenvalue weighted by atomic mass is 16.5. The molecule has 32 heavy (non-hydrogen) atoms. The smallest absolute Gasteiger partial charge is 0.248 e. The molecule has 3 aromatic rings. The van der Waals surface area contributed by atoms with Gasteiger partial charge in [-0.05, 0) is 53.1 Å². The van der Waals surface area contributed by atoms with Gasteiger partial charge in [0, 0.05) is 11.8 Å². The third-order valence-electron chi connectivity index (χ3n) is 4.68. The van der Waals surface area contributed by atoms with Crippen LogP contribution in [-0.4, -0.2) is 32.3 Å². The van der Waals surface area contributed by atoms with Crippen LogP contribution in [0.25, 0.3) is 18.2 Å². The number of ether oxygens (including phenoxy) is 3. The molecule has 1 amide bonds. The van der Waals surface area contributed by atoms with E-state index in [0.29, 0.717) is 22.9 Å². The standard InChI is InChI=1S/C26H25NO5/c1-30-23-16-19(17-24(31-2)26(23)32-3)8-12-20-6-4-5-7-22(20)27-25(29)15-11-18-9-13-21(28)14-10-18/h4-17,28H,1-3H3,(H,27,29)/b12-8?,15-11+. The number of hydrogen-bond donors (Lipinski definition) is 2. The van der Waals surface area contributed by atoms with Gasteiger partial charge in [0.25, 0.3) is 0 Å². The predicted molar refractivity (Wildman–Crippen MR) is 127 cm³/mol. The highest BCUT2D eigenvalue weighted by Gasteiger charge is 2.12. The van der Waals surface area contributed by atoms with Crippen LogP contribution in [-0.2, 0) is 4.79 Å². The van der Waals surface area contributed by atoms with Crippen molar-refractivity contribution in [3.05, 3.63) is 83.4 Å². The van der Waals surface area contributed by atoms with Gasteiger partial charge in [0.1, 0.15) is 5.75 Å². The molecular formula is C26H25NO5. The number of methoxy groups -OCH3 is 3. The van der Waals surface area contributed by atoms with Crippen molar-refractivity contribution in [2.75, 3.05) is 26.6 Å². The summed E-state index contributed by atoms with van der Waals surface area (Å²) in [6.45, 7) is 0. The molecule has 0 saturated heterocycles. The van der Waals surface area contributed by atoms with Gasteiger partial charge in [0.2, 0.25) is 11.7 Å². The first-order chi connectivity index (χ1) is 15.5. The summed E-state index contributed by atoms with van der Waals surface area (Å²) in [7, 11) is 4.70. The first-order valence-corrected chi connectivity index (χ1v) is 9.89. The summed E-state index contributed by atoms with van der Waals surface area (Å²) in [4.78, 5) is 12.4. The molecule has 164 valence electrons. The van der Waals surface area contributed by atoms with E-state index >= 15 is 0 Å². The third-order valence-corrected chi connectivity index (χ3v) is 4.68. The summed E-state index contributed by atoms with van der Waals surface area (Å²) in [5.74, 6) is 1.58. The predicted octanol–water partition coefficient (Wildman–Crippen LogP) is 5.24. The number of carbonyl (C=O) groups is 1. The lowest BCUT2D eigenvalue weighted by Gasteiger charge is -2.13. The number of rotatable bonds is 8. The summed E-state index contributed by atoms with van der Waals surface area (Å²) in [6, 6.07) is 17.8. The second-order valence-electron chi connectivity index (χ2n) is 6.79. The molecule has 0 aliphatic carbocycles. The van der Waals surface area contributed by atoms with Gasteiger partial charge in [0.15, 0.2) is 11.5 Å². The Morgan fingerprint density at radius 2 is 1.47 bits per heavy atom. The molecule has 0 atom stereocenters. The number of para-hydroxylation sites is 1. The van der Waals surface area contributed by atoms with E-state index in [1.54, 1.807) is 51.7 Å². The van der Waals surface area contributed by atoms with Crippen molar-refractivity contribution in [1.29, 1.82) is 0 Å². The summed E-state index contributed by atoms with van der Waals surface area (Å²) in [5, 5.41) is 12.2. The number of anilines is 1. The molecule has 0 bridgehead atoms. The Morgan fingerprint density at radius 1 is 0.812 bits per heavy atom. The van der Waals surface area contributed by atoms with E-state index in [-0.39, 0.29) is 11.7 Å². The fourth-order valence-corrected chi connectivity index (χ4v) is 3.07. The van der Waals surface area contributed by atoms with Crippen molar-refractivity contribution in [3.63, 3.8) is 0 Å². The van der Waals surface area contributed by atoms with Crippen LogP contribution in [0.15, 0.2) is 66.7 Å². The zero-order chi connectivity index (χ0) is 22.9. The minimum Gasteiger partial charge on any atom is -0.508 e. The lowest BCUT2D eigenvalue weighted by Crippen LogP contribution is -2.08. The lowest BCUT2D eigenvalue weighted by molar-refractivity contribution is -0.111. The van der Waals surface area contributed by atoms with Crippen molar-refractivity contribution >= 4 is 29.8 Å². The average molecular weight is 431 g/mol. The molecule has 0 aliphatic heterocycles. The molecule has 0 radical (unpaired) electrons. The van der Waals surface area contributed by atoms with E-state index in [1.807, 2.05) is 48.6 Å². The first-order valence-electron chi connectivity index (χ1n) is 9.89. The second kappa shape index (κ2) is 10.7. The molecule has 6 heteroatoms. The molecule has 3 rings (SSSR count). The highest BCUT2D eigenvalue weighted by Crippen LogP contribution is 2.38. The minimum atomic E-state index is -0.258. The molecular weight excluding hydrogens is 406 g/mol. The lowest BCUT2D eigenvalue weighted by atomic mass is 10.1. The molecule has 0 heterocycles. The fourth-order valence-electron chi connectivity index (χ4n) is 3.07. The number of phenolic OH excluding ortho intramolecular Hbond substituents is 1. The van der Waals surface area contributed by atoms with E-state index in [1.165, 1.54) is 6.08 Å². The van der Waals surface area contributed by atoms with Crippen LogP contribution in [0.4, 0.5) is 5.69 Å².